The summed E-state index contributed by atoms with van der Waals surface area (Å²) in [5.41, 5.74) is 1.89. The second-order valence-electron chi connectivity index (χ2n) is 19.9. The summed E-state index contributed by atoms with van der Waals surface area (Å²) in [7, 11) is 10.4. The Kier molecular flexibility index (Phi) is 38.4. The zero-order valence-corrected chi connectivity index (χ0v) is 50.7. The molecule has 5 fully saturated rings. The van der Waals surface area contributed by atoms with Crippen molar-refractivity contribution in [1.82, 2.24) is 56.9 Å². The van der Waals surface area contributed by atoms with Gasteiger partial charge < -0.3 is 64.0 Å². The maximum atomic E-state index is 11.8. The summed E-state index contributed by atoms with van der Waals surface area (Å²) in [5, 5.41) is 44.8. The maximum absolute atomic E-state index is 11.8. The number of hydrogen-bond donors (Lipinski definition) is 8. The summed E-state index contributed by atoms with van der Waals surface area (Å²) in [6, 6.07) is -1.13. The van der Waals surface area contributed by atoms with Gasteiger partial charge in [0.2, 0.25) is 35.4 Å². The minimum Gasteiger partial charge on any atom is -0.480 e. The molecule has 85 heavy (non-hydrogen) atoms. The number of nitrogens with two attached hydrogens (primary N) is 1. The lowest BCUT2D eigenvalue weighted by molar-refractivity contribution is -0.152. The van der Waals surface area contributed by atoms with E-state index in [1.165, 1.54) is 49.4 Å². The summed E-state index contributed by atoms with van der Waals surface area (Å²) in [4.78, 5) is 113. The van der Waals surface area contributed by atoms with Crippen molar-refractivity contribution in [2.75, 3.05) is 88.9 Å². The van der Waals surface area contributed by atoms with Crippen LogP contribution in [0.25, 0.3) is 0 Å². The van der Waals surface area contributed by atoms with E-state index in [9.17, 15) is 47.9 Å². The summed E-state index contributed by atoms with van der Waals surface area (Å²) in [5.74, 6) is 3.02. The molecule has 5 aliphatic rings. The van der Waals surface area contributed by atoms with Gasteiger partial charge in [0.25, 0.3) is 0 Å². The Morgan fingerprint density at radius 3 is 1.14 bits per heavy atom. The Labute approximate surface area is 497 Å². The van der Waals surface area contributed by atoms with Gasteiger partial charge in [-0.05, 0) is 85.2 Å². The number of nitrogens with one attached hydrogen (secondary N) is 5. The number of aryl methyl sites for hydroxylation is 2. The molecule has 0 aliphatic carbocycles. The standard InChI is InChI=1S/C12H20N2O4.2C10H15N3O3.C9H15NO4.C8H13NO4.C2H6N2O.C2H6.CH4/c1-8(15)6-13-11(16)10-5-4-9(7-14(10)2)12(17)18-3;2*1-6-12-13-9(16-6)8-4-3-7(5-11-8)10(14)15-2;1-10-5-6(9(13)14-2)3-4-7(10)8(11)12;1-13-8(12)5-2-3-6(7(10)11)9-4-5;1-2(5)4-3;1-2;/h9-10H,4-7H2,1-3H3,(H,13,16);2*7-8,11H,3-5H2,1-2H3;6-7H,3-5H2,1-2H3,(H,11,12);5-6,9H,2-4H2,1H3,(H,10,11);3H2,1H3,(H,4,5);1-2H3;1H4/t;2*7-,8+;;;;;/m.00...../s1. The Morgan fingerprint density at radius 2 is 0.882 bits per heavy atom. The Balaban J connectivity index is 0.00000101. The number of piperidine rings is 5. The van der Waals surface area contributed by atoms with Crippen LogP contribution in [0.2, 0.25) is 0 Å². The first kappa shape index (κ1) is 77.9. The molecular weight excluding hydrogens is 1120 g/mol. The number of ether oxygens (including phenoxy) is 5. The number of rotatable bonds is 12. The van der Waals surface area contributed by atoms with E-state index in [0.717, 1.165) is 25.7 Å². The molecule has 484 valence electrons. The van der Waals surface area contributed by atoms with Crippen LogP contribution in [0.4, 0.5) is 0 Å². The smallest absolute Gasteiger partial charge is 0.320 e. The molecule has 31 heteroatoms. The molecule has 31 nitrogen and oxygen atoms in total. The van der Waals surface area contributed by atoms with Crippen LogP contribution < -0.4 is 32.5 Å². The highest BCUT2D eigenvalue weighted by Gasteiger charge is 2.36. The first-order chi connectivity index (χ1) is 39.8. The van der Waals surface area contributed by atoms with Crippen molar-refractivity contribution in [3.8, 4) is 0 Å². The SMILES string of the molecule is C.CC.CC(=O)NN.COC(=O)C1CCC(C(=O)NCC(C)=O)N(C)C1.COC(=O)C1CCC(C(=O)O)N(C)C1.COC(=O)C1CCC(C(=O)O)NC1.COC(=O)[C@H]1CC[C@H](c2nnc(C)o2)NC1.COC(=O)[C@H]1CC[C@H](c2nnc(C)o2)NC1. The van der Waals surface area contributed by atoms with Gasteiger partial charge in [0, 0.05) is 53.5 Å². The van der Waals surface area contributed by atoms with Crippen LogP contribution in [0.15, 0.2) is 8.83 Å². The molecule has 2 aromatic heterocycles. The first-order valence-electron chi connectivity index (χ1n) is 27.6. The first-order valence-corrected chi connectivity index (χ1v) is 27.6. The fraction of sp³-hybridized carbons (Fsp3) is 0.741. The molecule has 5 saturated heterocycles. The van der Waals surface area contributed by atoms with Crippen LogP contribution in [-0.2, 0) is 71.6 Å². The molecule has 10 atom stereocenters. The summed E-state index contributed by atoms with van der Waals surface area (Å²) >= 11 is 0. The van der Waals surface area contributed by atoms with Gasteiger partial charge in [-0.15, -0.1) is 20.4 Å². The van der Waals surface area contributed by atoms with Crippen molar-refractivity contribution in [1.29, 1.82) is 0 Å². The number of aromatic nitrogens is 4. The van der Waals surface area contributed by atoms with Gasteiger partial charge in [-0.2, -0.15) is 0 Å². The van der Waals surface area contributed by atoms with Crippen molar-refractivity contribution >= 4 is 59.4 Å². The molecule has 2 amide bonds. The number of esters is 5. The van der Waals surface area contributed by atoms with Gasteiger partial charge in [0.15, 0.2) is 0 Å². The highest BCUT2D eigenvalue weighted by Crippen LogP contribution is 2.27. The van der Waals surface area contributed by atoms with E-state index in [1.807, 2.05) is 24.2 Å². The fourth-order valence-corrected chi connectivity index (χ4v) is 9.19. The average Bonchev–Trinajstić information content (AvgIpc) is 4.18. The Hall–Kier alpha value is -7.06. The summed E-state index contributed by atoms with van der Waals surface area (Å²) < 4.78 is 34.0. The van der Waals surface area contributed by atoms with Crippen molar-refractivity contribution in [3.63, 3.8) is 0 Å². The average molecular weight is 1220 g/mol. The van der Waals surface area contributed by atoms with Gasteiger partial charge in [-0.3, -0.25) is 63.2 Å². The second kappa shape index (κ2) is 41.9. The summed E-state index contributed by atoms with van der Waals surface area (Å²) in [6.07, 6.45) is 6.57. The van der Waals surface area contributed by atoms with Gasteiger partial charge in [0.1, 0.15) is 17.9 Å². The van der Waals surface area contributed by atoms with E-state index < -0.39 is 24.0 Å². The molecule has 0 saturated carbocycles. The van der Waals surface area contributed by atoms with E-state index in [-0.39, 0.29) is 109 Å². The third kappa shape index (κ3) is 28.1. The quantitative estimate of drug-likeness (QED) is 0.0483. The van der Waals surface area contributed by atoms with E-state index in [2.05, 4.69) is 57.0 Å². The van der Waals surface area contributed by atoms with Gasteiger partial charge >= 0.3 is 41.8 Å². The van der Waals surface area contributed by atoms with Gasteiger partial charge in [-0.1, -0.05) is 21.3 Å². The van der Waals surface area contributed by atoms with E-state index in [1.54, 1.807) is 32.8 Å². The molecule has 6 unspecified atom stereocenters. The monoisotopic (exact) mass is 1210 g/mol. The summed E-state index contributed by atoms with van der Waals surface area (Å²) in [6.45, 7) is 12.9. The number of methoxy groups -OCH3 is 5. The minimum absolute atomic E-state index is 0. The van der Waals surface area contributed by atoms with E-state index >= 15 is 0 Å². The number of likely N-dealkylation sites (N-methyl/N-ethyl adjacent to an activating group) is 2. The van der Waals surface area contributed by atoms with Crippen LogP contribution in [0, 0.1) is 43.4 Å². The molecule has 9 N–H and O–H groups in total. The number of hydrazine groups is 1. The highest BCUT2D eigenvalue weighted by molar-refractivity contribution is 5.87. The molecule has 0 radical (unpaired) electrons. The lowest BCUT2D eigenvalue weighted by Crippen LogP contribution is -2.51. The van der Waals surface area contributed by atoms with Crippen molar-refractivity contribution < 1.29 is 90.7 Å². The maximum Gasteiger partial charge on any atom is 0.320 e. The predicted octanol–water partition coefficient (Wildman–Crippen LogP) is 0.984. The molecule has 7 heterocycles. The van der Waals surface area contributed by atoms with Crippen LogP contribution >= 0.6 is 0 Å². The number of Topliss-reactive ketones (excluding diaryl/α,β-unsaturated/α-hetero) is 1. The second-order valence-corrected chi connectivity index (χ2v) is 19.9. The zero-order chi connectivity index (χ0) is 63.6. The third-order valence-electron chi connectivity index (χ3n) is 13.9. The fourth-order valence-electron chi connectivity index (χ4n) is 9.19. The zero-order valence-electron chi connectivity index (χ0n) is 50.7. The number of likely N-dealkylation sites (tertiary alicyclic amines) is 2. The number of carboxylic acid groups (broad SMARTS) is 2. The number of hydrogen-bond acceptors (Lipinski definition) is 27. The van der Waals surface area contributed by atoms with Crippen LogP contribution in [0.1, 0.15) is 135 Å². The number of carbonyl (C=O) groups is 10. The lowest BCUT2D eigenvalue weighted by Gasteiger charge is -2.34. The molecule has 7 rings (SSSR count). The number of carboxylic acids is 2. The molecule has 0 bridgehead atoms. The minimum atomic E-state index is -0.858. The van der Waals surface area contributed by atoms with Crippen LogP contribution in [0.5, 0.6) is 0 Å². The largest absolute Gasteiger partial charge is 0.480 e. The topological polar surface area (TPSA) is 428 Å². The molecular formula is C54H94N12O19. The van der Waals surface area contributed by atoms with Crippen LogP contribution in [0.3, 0.4) is 0 Å². The normalized spacial score (nSPS) is 24.2. The molecule has 5 aliphatic heterocycles. The molecule has 0 spiro atoms. The number of nitrogens with zero attached hydrogens (tertiary/aromatic N) is 6. The van der Waals surface area contributed by atoms with E-state index in [0.29, 0.717) is 94.8 Å². The van der Waals surface area contributed by atoms with Gasteiger partial charge in [-0.25, -0.2) is 5.84 Å². The van der Waals surface area contributed by atoms with Crippen LogP contribution in [-0.4, -0.2) is 207 Å². The Morgan fingerprint density at radius 1 is 0.541 bits per heavy atom. The molecule has 0 aromatic carbocycles. The number of carbonyl (C=O) groups excluding carboxylic acids is 8. The van der Waals surface area contributed by atoms with Gasteiger partial charge in [0.05, 0.1) is 89.8 Å². The molecule has 2 aromatic rings. The van der Waals surface area contributed by atoms with Crippen molar-refractivity contribution in [2.24, 2.45) is 35.4 Å². The number of aliphatic carboxylic acids is 2. The number of amides is 2. The van der Waals surface area contributed by atoms with Crippen molar-refractivity contribution in [2.45, 2.75) is 143 Å². The Bertz CT molecular complexity index is 2290. The predicted molar refractivity (Wildman–Crippen MR) is 303 cm³/mol. The number of ketones is 1. The highest BCUT2D eigenvalue weighted by atomic mass is 16.5. The van der Waals surface area contributed by atoms with E-state index in [4.69, 9.17) is 33.3 Å². The van der Waals surface area contributed by atoms with Crippen molar-refractivity contribution in [3.05, 3.63) is 23.6 Å². The third-order valence-corrected chi connectivity index (χ3v) is 13.9. The lowest BCUT2D eigenvalue weighted by atomic mass is 9.93.